The number of aliphatic hydroxyl groups excluding tert-OH is 1. The monoisotopic (exact) mass is 486 g/mol. The van der Waals surface area contributed by atoms with Gasteiger partial charge in [0.05, 0.1) is 80.9 Å². The van der Waals surface area contributed by atoms with Crippen LogP contribution in [-0.4, -0.2) is 86.6 Å². The van der Waals surface area contributed by atoms with Gasteiger partial charge in [-0.1, -0.05) is 24.1 Å². The molecule has 194 valence electrons. The molecule has 0 aromatic heterocycles. The maximum atomic E-state index is 11.7. The maximum absolute atomic E-state index is 11.7. The number of aliphatic hydroxyl groups is 1. The predicted octanol–water partition coefficient (Wildman–Crippen LogP) is 1.55. The van der Waals surface area contributed by atoms with Crippen molar-refractivity contribution in [3.8, 4) is 0 Å². The van der Waals surface area contributed by atoms with Crippen LogP contribution in [0.5, 0.6) is 0 Å². The number of nitrogens with two attached hydrogens (primary N) is 2. The Labute approximate surface area is 199 Å². The van der Waals surface area contributed by atoms with Crippen molar-refractivity contribution in [3.63, 3.8) is 0 Å². The molecular formula is C20H38N8O6. The fourth-order valence-electron chi connectivity index (χ4n) is 3.78. The molecule has 2 saturated heterocycles. The van der Waals surface area contributed by atoms with Crippen molar-refractivity contribution in [1.29, 1.82) is 0 Å². The zero-order chi connectivity index (χ0) is 25.9. The Balaban J connectivity index is 0.000000380. The molecule has 0 aromatic carbocycles. The minimum absolute atomic E-state index is 0.131. The topological polar surface area (TPSA) is 224 Å². The third-order valence-corrected chi connectivity index (χ3v) is 5.86. The van der Waals surface area contributed by atoms with Crippen LogP contribution < -0.4 is 11.5 Å². The quantitative estimate of drug-likeness (QED) is 0.197. The summed E-state index contributed by atoms with van der Waals surface area (Å²) in [5.74, 6) is -0.365. The molecule has 0 aromatic rings. The second-order valence-electron chi connectivity index (χ2n) is 8.92. The number of azide groups is 2. The molecule has 0 radical (unpaired) electrons. The molecule has 8 atom stereocenters. The van der Waals surface area contributed by atoms with Crippen LogP contribution in [0.4, 0.5) is 0 Å². The lowest BCUT2D eigenvalue weighted by molar-refractivity contribution is -0.160. The van der Waals surface area contributed by atoms with E-state index in [2.05, 4.69) is 20.1 Å². The minimum atomic E-state index is -0.797. The Morgan fingerprint density at radius 3 is 2.06 bits per heavy atom. The minimum Gasteiger partial charge on any atom is -0.469 e. The lowest BCUT2D eigenvalue weighted by atomic mass is 9.92. The van der Waals surface area contributed by atoms with Gasteiger partial charge in [-0.15, -0.1) is 0 Å². The van der Waals surface area contributed by atoms with Crippen molar-refractivity contribution in [2.45, 2.75) is 89.1 Å². The average molecular weight is 487 g/mol. The van der Waals surface area contributed by atoms with E-state index in [0.29, 0.717) is 26.1 Å². The largest absolute Gasteiger partial charge is 0.469 e. The van der Waals surface area contributed by atoms with E-state index in [1.54, 1.807) is 13.8 Å². The highest BCUT2D eigenvalue weighted by atomic mass is 16.5. The number of esters is 1. The second kappa shape index (κ2) is 14.3. The van der Waals surface area contributed by atoms with Gasteiger partial charge in [0, 0.05) is 9.82 Å². The van der Waals surface area contributed by atoms with Crippen LogP contribution in [0.3, 0.4) is 0 Å². The second-order valence-corrected chi connectivity index (χ2v) is 8.92. The average Bonchev–Trinajstić information content (AvgIpc) is 2.82. The SMILES string of the molecule is CCC1OCC(N)[C@@H](O)[C@H]1N=[N+]=[N-].CCC1OCC(N)[C@@H](OCC(C)(C)C(=O)OC)[C@H]1N=[N+]=[N-]. The number of nitrogens with zero attached hydrogens (tertiary/aromatic N) is 6. The lowest BCUT2D eigenvalue weighted by Gasteiger charge is -2.40. The smallest absolute Gasteiger partial charge is 0.313 e. The van der Waals surface area contributed by atoms with Crippen LogP contribution in [0, 0.1) is 5.41 Å². The fourth-order valence-corrected chi connectivity index (χ4v) is 3.78. The Kier molecular flexibility index (Phi) is 12.6. The van der Waals surface area contributed by atoms with Gasteiger partial charge in [0.15, 0.2) is 0 Å². The summed E-state index contributed by atoms with van der Waals surface area (Å²) in [5, 5.41) is 16.9. The first-order valence-electron chi connectivity index (χ1n) is 11.3. The van der Waals surface area contributed by atoms with E-state index < -0.39 is 41.8 Å². The molecule has 0 spiro atoms. The Morgan fingerprint density at radius 2 is 1.56 bits per heavy atom. The van der Waals surface area contributed by atoms with E-state index in [1.165, 1.54) is 7.11 Å². The third kappa shape index (κ3) is 7.97. The number of hydrogen-bond donors (Lipinski definition) is 3. The van der Waals surface area contributed by atoms with Gasteiger partial charge >= 0.3 is 5.97 Å². The van der Waals surface area contributed by atoms with Gasteiger partial charge < -0.3 is 35.5 Å². The van der Waals surface area contributed by atoms with Crippen LogP contribution in [0.1, 0.15) is 40.5 Å². The number of carbonyl (C=O) groups excluding carboxylic acids is 1. The summed E-state index contributed by atoms with van der Waals surface area (Å²) in [5.41, 5.74) is 27.8. The van der Waals surface area contributed by atoms with E-state index >= 15 is 0 Å². The molecule has 34 heavy (non-hydrogen) atoms. The van der Waals surface area contributed by atoms with Gasteiger partial charge in [0.1, 0.15) is 0 Å². The van der Waals surface area contributed by atoms with Crippen molar-refractivity contribution in [2.75, 3.05) is 26.9 Å². The zero-order valence-electron chi connectivity index (χ0n) is 20.5. The van der Waals surface area contributed by atoms with Crippen molar-refractivity contribution in [2.24, 2.45) is 27.1 Å². The summed E-state index contributed by atoms with van der Waals surface area (Å²) < 4.78 is 21.5. The maximum Gasteiger partial charge on any atom is 0.313 e. The van der Waals surface area contributed by atoms with Crippen molar-refractivity contribution >= 4 is 5.97 Å². The van der Waals surface area contributed by atoms with Gasteiger partial charge in [-0.3, -0.25) is 4.79 Å². The van der Waals surface area contributed by atoms with Crippen molar-refractivity contribution in [3.05, 3.63) is 20.9 Å². The molecular weight excluding hydrogens is 448 g/mol. The molecule has 2 rings (SSSR count). The number of ether oxygens (including phenoxy) is 4. The van der Waals surface area contributed by atoms with Crippen LogP contribution in [0.25, 0.3) is 20.9 Å². The highest BCUT2D eigenvalue weighted by Gasteiger charge is 2.40. The first kappa shape index (κ1) is 29.9. The number of carbonyl (C=O) groups is 1. The first-order chi connectivity index (χ1) is 16.1. The summed E-state index contributed by atoms with van der Waals surface area (Å²) in [7, 11) is 1.33. The highest BCUT2D eigenvalue weighted by molar-refractivity contribution is 5.75. The summed E-state index contributed by atoms with van der Waals surface area (Å²) in [6.07, 6.45) is -0.333. The van der Waals surface area contributed by atoms with Gasteiger partial charge in [-0.25, -0.2) is 0 Å². The Hall–Kier alpha value is -2.15. The van der Waals surface area contributed by atoms with Crippen LogP contribution in [0.2, 0.25) is 0 Å². The summed E-state index contributed by atoms with van der Waals surface area (Å²) >= 11 is 0. The summed E-state index contributed by atoms with van der Waals surface area (Å²) in [6.45, 7) is 8.08. The van der Waals surface area contributed by atoms with Crippen LogP contribution in [-0.2, 0) is 23.7 Å². The van der Waals surface area contributed by atoms with E-state index in [4.69, 9.17) is 41.5 Å². The number of rotatable bonds is 8. The predicted molar refractivity (Wildman–Crippen MR) is 123 cm³/mol. The van der Waals surface area contributed by atoms with Gasteiger partial charge in [-0.05, 0) is 37.8 Å². The molecule has 0 saturated carbocycles. The van der Waals surface area contributed by atoms with E-state index in [0.717, 1.165) is 0 Å². The molecule has 14 heteroatoms. The Bertz CT molecular complexity index is 741. The molecule has 0 bridgehead atoms. The standard InChI is InChI=1S/C13H24N4O4.C7H14N4O2/c1-5-9-10(16-17-15)11(8(14)6-20-9)21-7-13(2,3)12(18)19-4;1-2-5-6(10-11-9)7(12)4(8)3-13-5/h8-11H,5-7,14H2,1-4H3;4-7,12H,2-3,8H2,1H3/t8?,9?,10-,11+;4?,5?,6-,7+/m00/s1. The lowest BCUT2D eigenvalue weighted by Crippen LogP contribution is -2.57. The molecule has 5 N–H and O–H groups in total. The normalized spacial score (nSPS) is 33.4. The van der Waals surface area contributed by atoms with Gasteiger partial charge in [-0.2, -0.15) is 0 Å². The number of hydrogen-bond acceptors (Lipinski definition) is 10. The van der Waals surface area contributed by atoms with E-state index in [9.17, 15) is 9.90 Å². The molecule has 14 nitrogen and oxygen atoms in total. The molecule has 2 fully saturated rings. The summed E-state index contributed by atoms with van der Waals surface area (Å²) in [6, 6.07) is -1.93. The van der Waals surface area contributed by atoms with Gasteiger partial charge in [0.25, 0.3) is 0 Å². The van der Waals surface area contributed by atoms with E-state index in [1.807, 2.05) is 13.8 Å². The molecule has 2 heterocycles. The molecule has 2 aliphatic rings. The highest BCUT2D eigenvalue weighted by Crippen LogP contribution is 2.26. The zero-order valence-corrected chi connectivity index (χ0v) is 20.5. The first-order valence-corrected chi connectivity index (χ1v) is 11.3. The van der Waals surface area contributed by atoms with Crippen molar-refractivity contribution in [1.82, 2.24) is 0 Å². The third-order valence-electron chi connectivity index (χ3n) is 5.86. The molecule has 0 aliphatic carbocycles. The van der Waals surface area contributed by atoms with E-state index in [-0.39, 0.29) is 24.8 Å². The molecule has 4 unspecified atom stereocenters. The number of methoxy groups -OCH3 is 1. The molecule has 2 aliphatic heterocycles. The Morgan fingerprint density at radius 1 is 1.06 bits per heavy atom. The van der Waals surface area contributed by atoms with Crippen LogP contribution in [0.15, 0.2) is 10.2 Å². The fraction of sp³-hybridized carbons (Fsp3) is 0.950. The van der Waals surface area contributed by atoms with Crippen molar-refractivity contribution < 1.29 is 28.8 Å². The van der Waals surface area contributed by atoms with Gasteiger partial charge in [0.2, 0.25) is 0 Å². The summed E-state index contributed by atoms with van der Waals surface area (Å²) in [4.78, 5) is 17.2. The molecule has 0 amide bonds. The van der Waals surface area contributed by atoms with Crippen LogP contribution >= 0.6 is 0 Å².